The molecule has 1 N–H and O–H groups in total. The maximum atomic E-state index is 12.7. The van der Waals surface area contributed by atoms with Crippen molar-refractivity contribution >= 4 is 11.6 Å². The van der Waals surface area contributed by atoms with E-state index >= 15 is 0 Å². The van der Waals surface area contributed by atoms with Crippen LogP contribution in [0, 0.1) is 13.8 Å². The fourth-order valence-electron chi connectivity index (χ4n) is 3.83. The summed E-state index contributed by atoms with van der Waals surface area (Å²) in [7, 11) is 0. The van der Waals surface area contributed by atoms with Crippen LogP contribution in [0.25, 0.3) is 11.1 Å². The van der Waals surface area contributed by atoms with Gasteiger partial charge < -0.3 is 14.8 Å². The monoisotopic (exact) mass is 391 g/mol. The number of para-hydroxylation sites is 1. The number of aromatic nitrogens is 3. The summed E-state index contributed by atoms with van der Waals surface area (Å²) in [5, 5.41) is 4.39. The molecule has 2 aromatic heterocycles. The van der Waals surface area contributed by atoms with E-state index in [9.17, 15) is 9.59 Å². The minimum Gasteiger partial charge on any atom is -0.367 e. The second-order valence-corrected chi connectivity index (χ2v) is 7.41. The third kappa shape index (κ3) is 4.08. The molecule has 3 heterocycles. The van der Waals surface area contributed by atoms with Gasteiger partial charge in [0.1, 0.15) is 6.54 Å². The Labute approximate surface area is 169 Å². The molecule has 1 saturated heterocycles. The van der Waals surface area contributed by atoms with Crippen molar-refractivity contribution in [1.82, 2.24) is 19.7 Å². The predicted molar refractivity (Wildman–Crippen MR) is 113 cm³/mol. The smallest absolute Gasteiger partial charge is 0.247 e. The first kappa shape index (κ1) is 19.0. The van der Waals surface area contributed by atoms with Gasteiger partial charge in [-0.2, -0.15) is 5.10 Å². The van der Waals surface area contributed by atoms with Gasteiger partial charge in [0.2, 0.25) is 11.5 Å². The van der Waals surface area contributed by atoms with Crippen LogP contribution in [-0.2, 0) is 11.3 Å². The first-order chi connectivity index (χ1) is 14.0. The average molecular weight is 391 g/mol. The first-order valence-corrected chi connectivity index (χ1v) is 9.83. The SMILES string of the molecule is Cc1cc(C)n(CC(=O)N2CCN(c3ccccc3-c3ccc(=O)[nH]c3)CC2)n1. The maximum Gasteiger partial charge on any atom is 0.247 e. The van der Waals surface area contributed by atoms with E-state index in [-0.39, 0.29) is 18.0 Å². The predicted octanol–water partition coefficient (Wildman–Crippen LogP) is 2.20. The molecule has 7 nitrogen and oxygen atoms in total. The van der Waals surface area contributed by atoms with Crippen molar-refractivity contribution in [3.8, 4) is 11.1 Å². The molecule has 0 bridgehead atoms. The van der Waals surface area contributed by atoms with Crippen LogP contribution >= 0.6 is 0 Å². The Hall–Kier alpha value is -3.35. The molecule has 0 saturated carbocycles. The van der Waals surface area contributed by atoms with Crippen LogP contribution in [0.2, 0.25) is 0 Å². The molecule has 0 unspecified atom stereocenters. The minimum absolute atomic E-state index is 0.102. The van der Waals surface area contributed by atoms with Gasteiger partial charge in [0.15, 0.2) is 0 Å². The second-order valence-electron chi connectivity index (χ2n) is 7.41. The summed E-state index contributed by atoms with van der Waals surface area (Å²) in [6, 6.07) is 13.5. The molecule has 1 aliphatic rings. The minimum atomic E-state index is -0.110. The van der Waals surface area contributed by atoms with Crippen molar-refractivity contribution < 1.29 is 4.79 Å². The topological polar surface area (TPSA) is 74.2 Å². The molecule has 7 heteroatoms. The van der Waals surface area contributed by atoms with E-state index in [2.05, 4.69) is 27.1 Å². The highest BCUT2D eigenvalue weighted by molar-refractivity contribution is 5.79. The summed E-state index contributed by atoms with van der Waals surface area (Å²) in [6.07, 6.45) is 1.75. The van der Waals surface area contributed by atoms with Crippen LogP contribution in [0.3, 0.4) is 0 Å². The number of carbonyl (C=O) groups is 1. The summed E-state index contributed by atoms with van der Waals surface area (Å²) in [6.45, 7) is 7.09. The number of hydrogen-bond donors (Lipinski definition) is 1. The number of anilines is 1. The van der Waals surface area contributed by atoms with Gasteiger partial charge in [-0.15, -0.1) is 0 Å². The van der Waals surface area contributed by atoms with E-state index in [1.54, 1.807) is 16.9 Å². The molecule has 1 amide bonds. The van der Waals surface area contributed by atoms with Crippen molar-refractivity contribution in [2.45, 2.75) is 20.4 Å². The van der Waals surface area contributed by atoms with Crippen molar-refractivity contribution in [2.24, 2.45) is 0 Å². The van der Waals surface area contributed by atoms with Crippen molar-refractivity contribution in [1.29, 1.82) is 0 Å². The lowest BCUT2D eigenvalue weighted by molar-refractivity contribution is -0.132. The number of pyridine rings is 1. The van der Waals surface area contributed by atoms with Crippen molar-refractivity contribution in [3.63, 3.8) is 0 Å². The fraction of sp³-hybridized carbons (Fsp3) is 0.318. The molecule has 0 spiro atoms. The van der Waals surface area contributed by atoms with E-state index in [1.165, 1.54) is 0 Å². The van der Waals surface area contributed by atoms with Gasteiger partial charge in [-0.05, 0) is 32.0 Å². The van der Waals surface area contributed by atoms with E-state index in [4.69, 9.17) is 0 Å². The summed E-state index contributed by atoms with van der Waals surface area (Å²) in [5.41, 5.74) is 4.99. The molecule has 1 fully saturated rings. The zero-order valence-corrected chi connectivity index (χ0v) is 16.8. The van der Waals surface area contributed by atoms with Gasteiger partial charge in [0.25, 0.3) is 0 Å². The lowest BCUT2D eigenvalue weighted by Crippen LogP contribution is -2.49. The molecular formula is C22H25N5O2. The molecule has 4 rings (SSSR count). The Morgan fingerprint density at radius 3 is 2.48 bits per heavy atom. The van der Waals surface area contributed by atoms with Gasteiger partial charge >= 0.3 is 0 Å². The molecular weight excluding hydrogens is 366 g/mol. The zero-order chi connectivity index (χ0) is 20.4. The van der Waals surface area contributed by atoms with Gasteiger partial charge in [-0.25, -0.2) is 0 Å². The Kier molecular flexibility index (Phi) is 5.20. The highest BCUT2D eigenvalue weighted by Crippen LogP contribution is 2.30. The number of H-pyrrole nitrogens is 1. The molecule has 0 aliphatic carbocycles. The molecule has 150 valence electrons. The molecule has 29 heavy (non-hydrogen) atoms. The molecule has 3 aromatic rings. The Morgan fingerprint density at radius 1 is 1.07 bits per heavy atom. The summed E-state index contributed by atoms with van der Waals surface area (Å²) >= 11 is 0. The van der Waals surface area contributed by atoms with Gasteiger partial charge in [-0.1, -0.05) is 18.2 Å². The third-order valence-electron chi connectivity index (χ3n) is 5.36. The highest BCUT2D eigenvalue weighted by Gasteiger charge is 2.23. The number of piperazine rings is 1. The van der Waals surface area contributed by atoms with Crippen molar-refractivity contribution in [2.75, 3.05) is 31.1 Å². The Bertz CT molecular complexity index is 1060. The number of aryl methyl sites for hydroxylation is 2. The quantitative estimate of drug-likeness (QED) is 0.740. The zero-order valence-electron chi connectivity index (χ0n) is 16.8. The van der Waals surface area contributed by atoms with E-state index in [0.29, 0.717) is 13.1 Å². The van der Waals surface area contributed by atoms with E-state index < -0.39 is 0 Å². The summed E-state index contributed by atoms with van der Waals surface area (Å²) < 4.78 is 1.77. The van der Waals surface area contributed by atoms with Crippen LogP contribution in [-0.4, -0.2) is 51.8 Å². The second kappa shape index (κ2) is 7.95. The summed E-state index contributed by atoms with van der Waals surface area (Å²) in [5.74, 6) is 0.102. The number of carbonyl (C=O) groups excluding carboxylic acids is 1. The van der Waals surface area contributed by atoms with Crippen LogP contribution < -0.4 is 10.5 Å². The van der Waals surface area contributed by atoms with Crippen LogP contribution in [0.4, 0.5) is 5.69 Å². The number of hydrogen-bond acceptors (Lipinski definition) is 4. The number of aromatic amines is 1. The van der Waals surface area contributed by atoms with E-state index in [0.717, 1.165) is 41.3 Å². The first-order valence-electron chi connectivity index (χ1n) is 9.83. The van der Waals surface area contributed by atoms with Crippen LogP contribution in [0.15, 0.2) is 53.5 Å². The molecule has 1 aromatic carbocycles. The van der Waals surface area contributed by atoms with Crippen LogP contribution in [0.1, 0.15) is 11.4 Å². The van der Waals surface area contributed by atoms with E-state index in [1.807, 2.05) is 43.0 Å². The fourth-order valence-corrected chi connectivity index (χ4v) is 3.83. The maximum absolute atomic E-state index is 12.7. The summed E-state index contributed by atoms with van der Waals surface area (Å²) in [4.78, 5) is 31.0. The van der Waals surface area contributed by atoms with Gasteiger partial charge in [-0.3, -0.25) is 14.3 Å². The lowest BCUT2D eigenvalue weighted by Gasteiger charge is -2.37. The third-order valence-corrected chi connectivity index (χ3v) is 5.36. The molecule has 0 radical (unpaired) electrons. The van der Waals surface area contributed by atoms with Gasteiger partial charge in [0.05, 0.1) is 5.69 Å². The molecule has 1 aliphatic heterocycles. The Balaban J connectivity index is 1.45. The number of benzene rings is 1. The standard InChI is InChI=1S/C22H25N5O2/c1-16-13-17(2)27(24-16)15-22(29)26-11-9-25(10-12-26)20-6-4-3-5-19(20)18-7-8-21(28)23-14-18/h3-8,13-14H,9-12,15H2,1-2H3,(H,23,28). The van der Waals surface area contributed by atoms with Crippen molar-refractivity contribution in [3.05, 3.63) is 70.4 Å². The molecule has 0 atom stereocenters. The van der Waals surface area contributed by atoms with Crippen LogP contribution in [0.5, 0.6) is 0 Å². The van der Waals surface area contributed by atoms with Gasteiger partial charge in [0, 0.05) is 61.0 Å². The largest absolute Gasteiger partial charge is 0.367 e. The lowest BCUT2D eigenvalue weighted by atomic mass is 10.0. The number of nitrogens with zero attached hydrogens (tertiary/aromatic N) is 4. The highest BCUT2D eigenvalue weighted by atomic mass is 16.2. The number of amides is 1. The Morgan fingerprint density at radius 2 is 1.83 bits per heavy atom. The average Bonchev–Trinajstić information content (AvgIpc) is 3.05. The number of rotatable bonds is 4. The normalized spacial score (nSPS) is 14.3. The number of nitrogens with one attached hydrogen (secondary N) is 1.